The van der Waals surface area contributed by atoms with Crippen LogP contribution in [0.15, 0.2) is 35.0 Å². The van der Waals surface area contributed by atoms with Gasteiger partial charge in [0.25, 0.3) is 11.5 Å². The van der Waals surface area contributed by atoms with Crippen molar-refractivity contribution in [1.82, 2.24) is 25.2 Å². The van der Waals surface area contributed by atoms with Crippen LogP contribution in [0.3, 0.4) is 0 Å². The van der Waals surface area contributed by atoms with E-state index >= 15 is 0 Å². The molecule has 1 aliphatic rings. The number of nitrogens with zero attached hydrogens (tertiary/aromatic N) is 5. The van der Waals surface area contributed by atoms with Crippen LogP contribution >= 0.6 is 0 Å². The Morgan fingerprint density at radius 2 is 1.76 bits per heavy atom. The van der Waals surface area contributed by atoms with Crippen LogP contribution in [0.2, 0.25) is 25.7 Å². The third-order valence-corrected chi connectivity index (χ3v) is 8.20. The highest BCUT2D eigenvalue weighted by molar-refractivity contribution is 6.76. The molecule has 1 aliphatic heterocycles. The molecule has 1 amide bonds. The summed E-state index contributed by atoms with van der Waals surface area (Å²) in [5, 5.41) is 6.24. The van der Waals surface area contributed by atoms with E-state index in [1.807, 2.05) is 5.48 Å². The maximum atomic E-state index is 14.8. The van der Waals surface area contributed by atoms with Crippen LogP contribution in [0.4, 0.5) is 42.4 Å². The fourth-order valence-corrected chi connectivity index (χ4v) is 4.74. The van der Waals surface area contributed by atoms with E-state index in [9.17, 15) is 40.3 Å². The summed E-state index contributed by atoms with van der Waals surface area (Å²) in [7, 11) is -1.45. The van der Waals surface area contributed by atoms with E-state index < -0.39 is 74.3 Å². The second-order valence-corrected chi connectivity index (χ2v) is 17.1. The summed E-state index contributed by atoms with van der Waals surface area (Å²) < 4.78 is 100. The molecule has 2 unspecified atom stereocenters. The molecule has 0 spiro atoms. The summed E-state index contributed by atoms with van der Waals surface area (Å²) in [4.78, 5) is 38.7. The van der Waals surface area contributed by atoms with Crippen molar-refractivity contribution in [2.24, 2.45) is 0 Å². The fourth-order valence-electron chi connectivity index (χ4n) is 3.99. The molecule has 250 valence electrons. The van der Waals surface area contributed by atoms with Gasteiger partial charge in [-0.25, -0.2) is 24.5 Å². The molecule has 3 rings (SSSR count). The Morgan fingerprint density at radius 3 is 2.31 bits per heavy atom. The highest BCUT2D eigenvalue weighted by atomic mass is 28.3. The van der Waals surface area contributed by atoms with Gasteiger partial charge in [0.2, 0.25) is 12.1 Å². The van der Waals surface area contributed by atoms with E-state index in [1.165, 1.54) is 17.9 Å². The smallest absolute Gasteiger partial charge is 0.378 e. The van der Waals surface area contributed by atoms with Crippen molar-refractivity contribution in [3.05, 3.63) is 51.7 Å². The maximum absolute atomic E-state index is 14.8. The lowest BCUT2D eigenvalue weighted by atomic mass is 10.0. The molecule has 19 heteroatoms. The second kappa shape index (κ2) is 14.7. The van der Waals surface area contributed by atoms with Crippen LogP contribution in [-0.2, 0) is 33.5 Å². The van der Waals surface area contributed by atoms with Crippen LogP contribution in [-0.4, -0.2) is 72.2 Å². The van der Waals surface area contributed by atoms with Crippen molar-refractivity contribution in [2.45, 2.75) is 70.3 Å². The topological polar surface area (TPSA) is 124 Å². The molecule has 0 radical (unpaired) electrons. The quantitative estimate of drug-likeness (QED) is 0.105. The number of aromatic nitrogens is 4. The van der Waals surface area contributed by atoms with Crippen LogP contribution in [0.1, 0.15) is 24.5 Å². The number of amides is 1. The van der Waals surface area contributed by atoms with E-state index in [2.05, 4.69) is 40.0 Å². The van der Waals surface area contributed by atoms with Gasteiger partial charge in [-0.15, -0.1) is 0 Å². The molecule has 2 atom stereocenters. The first kappa shape index (κ1) is 35.9. The number of alkyl halides is 7. The molecule has 0 fully saturated rings. The number of hydrogen-bond acceptors (Lipinski definition) is 9. The first-order chi connectivity index (χ1) is 20.9. The van der Waals surface area contributed by atoms with E-state index in [4.69, 9.17) is 9.57 Å². The Kier molecular flexibility index (Phi) is 11.7. The zero-order valence-electron chi connectivity index (χ0n) is 24.9. The van der Waals surface area contributed by atoms with E-state index in [0.29, 0.717) is 17.1 Å². The summed E-state index contributed by atoms with van der Waals surface area (Å²) in [6.07, 6.45) is -8.18. The van der Waals surface area contributed by atoms with Gasteiger partial charge in [0.1, 0.15) is 12.3 Å². The van der Waals surface area contributed by atoms with Crippen molar-refractivity contribution in [3.63, 3.8) is 0 Å². The van der Waals surface area contributed by atoms with Crippen molar-refractivity contribution in [3.8, 4) is 0 Å². The summed E-state index contributed by atoms with van der Waals surface area (Å²) in [5.74, 6) is -1.16. The van der Waals surface area contributed by atoms with Crippen molar-refractivity contribution >= 4 is 25.6 Å². The molecule has 0 saturated carbocycles. The SMILES string of the molecule is CC(CONC(=O)C(F)C1=CCN(c2ncc(C(F)(F)F)cn2)CC1)Nc1cnn(COCC[Si](C)(C)C)c(=O)c1C(F)(F)F. The zero-order chi connectivity index (χ0) is 33.6. The Morgan fingerprint density at radius 1 is 1.09 bits per heavy atom. The molecule has 3 heterocycles. The lowest BCUT2D eigenvalue weighted by molar-refractivity contribution is -0.139. The molecule has 0 saturated heterocycles. The molecule has 2 N–H and O–H groups in total. The summed E-state index contributed by atoms with van der Waals surface area (Å²) >= 11 is 0. The Bertz CT molecular complexity index is 1400. The van der Waals surface area contributed by atoms with Crippen molar-refractivity contribution < 1.29 is 45.1 Å². The molecule has 2 aromatic heterocycles. The minimum absolute atomic E-state index is 0.00925. The predicted molar refractivity (Wildman–Crippen MR) is 152 cm³/mol. The molecule has 2 aromatic rings. The number of ether oxygens (including phenoxy) is 1. The summed E-state index contributed by atoms with van der Waals surface area (Å²) in [6.45, 7) is 7.30. The normalized spacial score (nSPS) is 15.8. The van der Waals surface area contributed by atoms with Crippen LogP contribution in [0.25, 0.3) is 0 Å². The summed E-state index contributed by atoms with van der Waals surface area (Å²) in [5.41, 5.74) is -2.49. The van der Waals surface area contributed by atoms with E-state index in [1.54, 1.807) is 0 Å². The minimum atomic E-state index is -5.01. The third kappa shape index (κ3) is 10.5. The first-order valence-electron chi connectivity index (χ1n) is 13.8. The number of hydrogen-bond donors (Lipinski definition) is 2. The van der Waals surface area contributed by atoms with Gasteiger partial charge in [-0.1, -0.05) is 25.7 Å². The van der Waals surface area contributed by atoms with E-state index in [-0.39, 0.29) is 37.6 Å². The summed E-state index contributed by atoms with van der Waals surface area (Å²) in [6, 6.07) is -0.136. The molecule has 0 aliphatic carbocycles. The largest absolute Gasteiger partial charge is 0.423 e. The molecule has 11 nitrogen and oxygen atoms in total. The molecule has 0 bridgehead atoms. The van der Waals surface area contributed by atoms with Crippen LogP contribution in [0.5, 0.6) is 0 Å². The fraction of sp³-hybridized carbons (Fsp3) is 0.577. The molecule has 45 heavy (non-hydrogen) atoms. The monoisotopic (exact) mass is 669 g/mol. The van der Waals surface area contributed by atoms with Crippen molar-refractivity contribution in [1.29, 1.82) is 0 Å². The second-order valence-electron chi connectivity index (χ2n) is 11.5. The number of halogens is 7. The standard InChI is InChI=1S/C26H34F7N7O4Si/c1-16(37-19-13-36-40(15-43-9-10-45(2,3)4)23(42)20(19)26(31,32)33)14-44-38-22(41)21(27)17-5-7-39(8-6-17)24-34-11-18(12-35-24)25(28,29)30/h5,11-13,16,21,37H,6-10,14-15H2,1-4H3,(H,38,41). The molecular formula is C26H34F7N7O4Si. The average Bonchev–Trinajstić information content (AvgIpc) is 2.94. The van der Waals surface area contributed by atoms with Crippen LogP contribution < -0.4 is 21.3 Å². The highest BCUT2D eigenvalue weighted by Crippen LogP contribution is 2.32. The first-order valence-corrected chi connectivity index (χ1v) is 17.5. The lowest BCUT2D eigenvalue weighted by Gasteiger charge is -2.27. The predicted octanol–water partition coefficient (Wildman–Crippen LogP) is 4.41. The number of rotatable bonds is 13. The highest BCUT2D eigenvalue weighted by Gasteiger charge is 2.38. The lowest BCUT2D eigenvalue weighted by Crippen LogP contribution is -2.39. The van der Waals surface area contributed by atoms with Gasteiger partial charge in [-0.05, 0) is 25.0 Å². The minimum Gasteiger partial charge on any atom is -0.378 e. The molecule has 0 aromatic carbocycles. The average molecular weight is 670 g/mol. The van der Waals surface area contributed by atoms with Gasteiger partial charge < -0.3 is 15.0 Å². The van der Waals surface area contributed by atoms with Gasteiger partial charge in [0.05, 0.1) is 24.1 Å². The Labute approximate surface area is 254 Å². The Hall–Kier alpha value is -3.58. The van der Waals surface area contributed by atoms with Crippen molar-refractivity contribution in [2.75, 3.05) is 36.5 Å². The number of nitrogens with one attached hydrogen (secondary N) is 2. The van der Waals surface area contributed by atoms with E-state index in [0.717, 1.165) is 12.2 Å². The number of anilines is 2. The van der Waals surface area contributed by atoms with Gasteiger partial charge in [0, 0.05) is 46.2 Å². The Balaban J connectivity index is 1.51. The number of carbonyl (C=O) groups excluding carboxylic acids is 1. The number of hydroxylamine groups is 1. The van der Waals surface area contributed by atoms with Gasteiger partial charge in [-0.3, -0.25) is 14.4 Å². The third-order valence-electron chi connectivity index (χ3n) is 6.49. The van der Waals surface area contributed by atoms with Gasteiger partial charge in [-0.2, -0.15) is 31.4 Å². The number of carbonyl (C=O) groups is 1. The van der Waals surface area contributed by atoms with Gasteiger partial charge in [0.15, 0.2) is 0 Å². The maximum Gasteiger partial charge on any atom is 0.423 e. The molecular weight excluding hydrogens is 635 g/mol. The van der Waals surface area contributed by atoms with Crippen LogP contribution in [0, 0.1) is 0 Å². The van der Waals surface area contributed by atoms with Gasteiger partial charge >= 0.3 is 12.4 Å². The zero-order valence-corrected chi connectivity index (χ0v) is 25.9.